The van der Waals surface area contributed by atoms with E-state index in [9.17, 15) is 19.1 Å². The smallest absolute Gasteiger partial charge is 0.296 e. The van der Waals surface area contributed by atoms with Crippen molar-refractivity contribution in [1.82, 2.24) is 4.90 Å². The maximum absolute atomic E-state index is 14.1. The van der Waals surface area contributed by atoms with Crippen LogP contribution in [0, 0.1) is 5.82 Å². The number of carbonyl (C=O) groups is 2. The number of nitrogens with zero attached hydrogens (tertiary/aromatic N) is 1. The maximum atomic E-state index is 14.1. The molecule has 3 heterocycles. The molecular weight excluding hydrogens is 397 g/mol. The number of benzene rings is 1. The number of thiophene rings is 1. The van der Waals surface area contributed by atoms with E-state index in [1.54, 1.807) is 24.3 Å². The molecule has 1 aromatic carbocycles. The van der Waals surface area contributed by atoms with Gasteiger partial charge < -0.3 is 19.2 Å². The number of carbonyl (C=O) groups excluding carboxylic acids is 2. The number of rotatable bonds is 5. The van der Waals surface area contributed by atoms with Gasteiger partial charge in [0.1, 0.15) is 17.6 Å². The summed E-state index contributed by atoms with van der Waals surface area (Å²) in [6.45, 7) is 0.0634. The van der Waals surface area contributed by atoms with Crippen molar-refractivity contribution in [1.29, 1.82) is 0 Å². The van der Waals surface area contributed by atoms with E-state index >= 15 is 0 Å². The molecule has 1 aliphatic rings. The van der Waals surface area contributed by atoms with Crippen LogP contribution >= 0.6 is 11.3 Å². The third-order valence-electron chi connectivity index (χ3n) is 4.68. The highest BCUT2D eigenvalue weighted by atomic mass is 32.1. The number of aliphatic hydroxyl groups excluding tert-OH is 1. The fraction of sp³-hybridized carbons (Fsp3) is 0.143. The standard InChI is InChI=1S/C21H16FNO5S/c1-27-15-7-6-12(10-14(15)22)19(24)17-18(16-5-3-9-29-16)23(21(26)20(17)25)11-13-4-2-8-28-13/h2-10,18,24H,11H2,1H3/t18-/m0/s1. The summed E-state index contributed by atoms with van der Waals surface area (Å²) in [6, 6.07) is 10.0. The Kier molecular flexibility index (Phi) is 4.94. The SMILES string of the molecule is COc1ccc(C(O)=C2C(=O)C(=O)N(Cc3ccco3)[C@H]2c2cccs2)cc1F. The summed E-state index contributed by atoms with van der Waals surface area (Å²) in [5.74, 6) is -2.20. The minimum Gasteiger partial charge on any atom is -0.507 e. The Morgan fingerprint density at radius 1 is 1.28 bits per heavy atom. The van der Waals surface area contributed by atoms with Crippen molar-refractivity contribution < 1.29 is 28.2 Å². The van der Waals surface area contributed by atoms with Crippen molar-refractivity contribution in [2.45, 2.75) is 12.6 Å². The minimum atomic E-state index is -0.830. The summed E-state index contributed by atoms with van der Waals surface area (Å²) in [5, 5.41) is 12.7. The predicted molar refractivity (Wildman–Crippen MR) is 104 cm³/mol. The van der Waals surface area contributed by atoms with Crippen molar-refractivity contribution in [3.8, 4) is 5.75 Å². The van der Waals surface area contributed by atoms with E-state index in [0.717, 1.165) is 6.07 Å². The maximum Gasteiger partial charge on any atom is 0.296 e. The lowest BCUT2D eigenvalue weighted by molar-refractivity contribution is -0.140. The summed E-state index contributed by atoms with van der Waals surface area (Å²) in [4.78, 5) is 27.6. The molecular formula is C21H16FNO5S. The zero-order valence-corrected chi connectivity index (χ0v) is 16.1. The lowest BCUT2D eigenvalue weighted by Crippen LogP contribution is -2.28. The first-order valence-corrected chi connectivity index (χ1v) is 9.57. The van der Waals surface area contributed by atoms with Crippen LogP contribution in [-0.4, -0.2) is 28.8 Å². The van der Waals surface area contributed by atoms with Gasteiger partial charge in [0.25, 0.3) is 11.7 Å². The van der Waals surface area contributed by atoms with E-state index in [2.05, 4.69) is 0 Å². The molecule has 0 unspecified atom stereocenters. The number of hydrogen-bond acceptors (Lipinski definition) is 6. The number of ketones is 1. The number of aliphatic hydroxyl groups is 1. The average molecular weight is 413 g/mol. The lowest BCUT2D eigenvalue weighted by atomic mass is 9.99. The van der Waals surface area contributed by atoms with Gasteiger partial charge in [-0.3, -0.25) is 9.59 Å². The third-order valence-corrected chi connectivity index (χ3v) is 5.61. The van der Waals surface area contributed by atoms with Gasteiger partial charge in [-0.1, -0.05) is 6.07 Å². The lowest BCUT2D eigenvalue weighted by Gasteiger charge is -2.23. The van der Waals surface area contributed by atoms with Crippen molar-refractivity contribution in [3.05, 3.63) is 81.7 Å². The van der Waals surface area contributed by atoms with E-state index in [4.69, 9.17) is 9.15 Å². The van der Waals surface area contributed by atoms with E-state index in [1.165, 1.54) is 41.7 Å². The largest absolute Gasteiger partial charge is 0.507 e. The monoisotopic (exact) mass is 413 g/mol. The summed E-state index contributed by atoms with van der Waals surface area (Å²) in [5.41, 5.74) is -0.00516. The molecule has 6 nitrogen and oxygen atoms in total. The zero-order valence-electron chi connectivity index (χ0n) is 15.3. The van der Waals surface area contributed by atoms with Crippen molar-refractivity contribution in [2.75, 3.05) is 7.11 Å². The number of Topliss-reactive ketones (excluding diaryl/α,β-unsaturated/α-hetero) is 1. The third kappa shape index (κ3) is 3.31. The Hall–Kier alpha value is -3.39. The van der Waals surface area contributed by atoms with Gasteiger partial charge >= 0.3 is 0 Å². The molecule has 0 saturated carbocycles. The normalized spacial score (nSPS) is 18.4. The van der Waals surface area contributed by atoms with Crippen LogP contribution in [0.15, 0.2) is 64.1 Å². The quantitative estimate of drug-likeness (QED) is 0.387. The highest BCUT2D eigenvalue weighted by Gasteiger charge is 2.46. The molecule has 1 atom stereocenters. The average Bonchev–Trinajstić information content (AvgIpc) is 3.46. The van der Waals surface area contributed by atoms with Gasteiger partial charge in [-0.15, -0.1) is 11.3 Å². The molecule has 1 fully saturated rings. The number of methoxy groups -OCH3 is 1. The van der Waals surface area contributed by atoms with Gasteiger partial charge in [-0.2, -0.15) is 0 Å². The van der Waals surface area contributed by atoms with Crippen LogP contribution < -0.4 is 4.74 Å². The molecule has 0 aliphatic carbocycles. The van der Waals surface area contributed by atoms with Crippen LogP contribution in [0.1, 0.15) is 22.2 Å². The van der Waals surface area contributed by atoms with Crippen molar-refractivity contribution in [2.24, 2.45) is 0 Å². The van der Waals surface area contributed by atoms with E-state index in [1.807, 2.05) is 5.38 Å². The number of halogens is 1. The van der Waals surface area contributed by atoms with Gasteiger partial charge in [0.15, 0.2) is 11.6 Å². The van der Waals surface area contributed by atoms with E-state index < -0.39 is 29.3 Å². The second kappa shape index (κ2) is 7.56. The minimum absolute atomic E-state index is 0.00891. The highest BCUT2D eigenvalue weighted by Crippen LogP contribution is 2.42. The Labute approximate surface area is 169 Å². The van der Waals surface area contributed by atoms with Crippen LogP contribution in [-0.2, 0) is 16.1 Å². The fourth-order valence-electron chi connectivity index (χ4n) is 3.33. The van der Waals surface area contributed by atoms with E-state index in [-0.39, 0.29) is 23.4 Å². The topological polar surface area (TPSA) is 80.0 Å². The Bertz CT molecular complexity index is 1090. The Morgan fingerprint density at radius 2 is 2.10 bits per heavy atom. The predicted octanol–water partition coefficient (Wildman–Crippen LogP) is 4.11. The summed E-state index contributed by atoms with van der Waals surface area (Å²) in [7, 11) is 1.33. The first kappa shape index (κ1) is 18.9. The van der Waals surface area contributed by atoms with Crippen molar-refractivity contribution in [3.63, 3.8) is 0 Å². The van der Waals surface area contributed by atoms with Gasteiger partial charge in [-0.25, -0.2) is 4.39 Å². The molecule has 3 aromatic rings. The molecule has 1 N–H and O–H groups in total. The Balaban J connectivity index is 1.83. The first-order valence-electron chi connectivity index (χ1n) is 8.69. The van der Waals surface area contributed by atoms with Crippen LogP contribution in [0.25, 0.3) is 5.76 Å². The van der Waals surface area contributed by atoms with Gasteiger partial charge in [0.05, 0.1) is 25.5 Å². The summed E-state index contributed by atoms with van der Waals surface area (Å²) in [6.07, 6.45) is 1.48. The summed E-state index contributed by atoms with van der Waals surface area (Å²) >= 11 is 1.35. The van der Waals surface area contributed by atoms with Crippen molar-refractivity contribution >= 4 is 28.8 Å². The van der Waals surface area contributed by atoms with Crippen LogP contribution in [0.2, 0.25) is 0 Å². The molecule has 29 heavy (non-hydrogen) atoms. The molecule has 1 saturated heterocycles. The molecule has 148 valence electrons. The van der Waals surface area contributed by atoms with Gasteiger partial charge in [-0.05, 0) is 41.8 Å². The molecule has 4 rings (SSSR count). The van der Waals surface area contributed by atoms with E-state index in [0.29, 0.717) is 10.6 Å². The molecule has 2 aromatic heterocycles. The van der Waals surface area contributed by atoms with Crippen LogP contribution in [0.3, 0.4) is 0 Å². The van der Waals surface area contributed by atoms with Crippen LogP contribution in [0.4, 0.5) is 4.39 Å². The fourth-order valence-corrected chi connectivity index (χ4v) is 4.17. The number of ether oxygens (including phenoxy) is 1. The van der Waals surface area contributed by atoms with Gasteiger partial charge in [0, 0.05) is 10.4 Å². The summed E-state index contributed by atoms with van der Waals surface area (Å²) < 4.78 is 24.4. The number of hydrogen-bond donors (Lipinski definition) is 1. The highest BCUT2D eigenvalue weighted by molar-refractivity contribution is 7.10. The van der Waals surface area contributed by atoms with Crippen LogP contribution in [0.5, 0.6) is 5.75 Å². The second-order valence-corrected chi connectivity index (χ2v) is 7.35. The second-order valence-electron chi connectivity index (χ2n) is 6.37. The molecule has 0 spiro atoms. The number of amides is 1. The molecule has 1 aliphatic heterocycles. The zero-order chi connectivity index (χ0) is 20.5. The van der Waals surface area contributed by atoms with Gasteiger partial charge in [0.2, 0.25) is 0 Å². The molecule has 0 radical (unpaired) electrons. The Morgan fingerprint density at radius 3 is 2.72 bits per heavy atom. The molecule has 1 amide bonds. The first-order chi connectivity index (χ1) is 14.0. The molecule has 8 heteroatoms. The molecule has 0 bridgehead atoms. The number of likely N-dealkylation sites (tertiary alicyclic amines) is 1. The number of furan rings is 1.